The highest BCUT2D eigenvalue weighted by atomic mass is 32.2. The number of ether oxygens (including phenoxy) is 2. The summed E-state index contributed by atoms with van der Waals surface area (Å²) in [6, 6.07) is 14.7. The van der Waals surface area contributed by atoms with Crippen LogP contribution in [-0.2, 0) is 16.4 Å². The second-order valence-electron chi connectivity index (χ2n) is 8.19. The van der Waals surface area contributed by atoms with E-state index in [0.717, 1.165) is 10.6 Å². The number of fused-ring (bicyclic) bond motifs is 1. The smallest absolute Gasteiger partial charge is 0.265 e. The molecule has 0 unspecified atom stereocenters. The van der Waals surface area contributed by atoms with Gasteiger partial charge >= 0.3 is 0 Å². The van der Waals surface area contributed by atoms with Crippen molar-refractivity contribution >= 4 is 27.3 Å². The molecule has 178 valence electrons. The zero-order valence-corrected chi connectivity index (χ0v) is 20.4. The molecule has 0 N–H and O–H groups in total. The largest absolute Gasteiger partial charge is 0.486 e. The number of aryl methyl sites for hydroxylation is 1. The first-order valence-electron chi connectivity index (χ1n) is 11.1. The molecule has 10 heteroatoms. The van der Waals surface area contributed by atoms with Gasteiger partial charge in [-0.25, -0.2) is 13.4 Å². The minimum atomic E-state index is -3.70. The van der Waals surface area contributed by atoms with Gasteiger partial charge < -0.3 is 14.4 Å². The Morgan fingerprint density at radius 1 is 1.00 bits per heavy atom. The number of carbonyl (C=O) groups excluding carboxylic acids is 1. The maximum absolute atomic E-state index is 13.2. The van der Waals surface area contributed by atoms with Crippen molar-refractivity contribution in [1.82, 2.24) is 14.2 Å². The standard InChI is InChI=1S/C24H25N3O5S2/c1-17-23(33-22(25-17)15-18-5-3-2-4-6-18)24(28)26-9-11-27(12-10-26)34(29,30)19-7-8-20-21(16-19)32-14-13-31-20/h2-8,16H,9-15H2,1H3. The lowest BCUT2D eigenvalue weighted by atomic mass is 10.2. The highest BCUT2D eigenvalue weighted by Gasteiger charge is 2.32. The zero-order valence-electron chi connectivity index (χ0n) is 18.8. The first-order chi connectivity index (χ1) is 16.4. The van der Waals surface area contributed by atoms with Gasteiger partial charge in [0.05, 0.1) is 15.6 Å². The number of rotatable bonds is 5. The van der Waals surface area contributed by atoms with Crippen molar-refractivity contribution in [2.45, 2.75) is 18.2 Å². The lowest BCUT2D eigenvalue weighted by molar-refractivity contribution is 0.0702. The van der Waals surface area contributed by atoms with Crippen molar-refractivity contribution in [2.75, 3.05) is 39.4 Å². The molecule has 0 atom stereocenters. The average Bonchev–Trinajstić information content (AvgIpc) is 3.23. The first kappa shape index (κ1) is 22.8. The Morgan fingerprint density at radius 2 is 1.71 bits per heavy atom. The van der Waals surface area contributed by atoms with E-state index in [2.05, 4.69) is 4.98 Å². The maximum Gasteiger partial charge on any atom is 0.265 e. The number of benzene rings is 2. The average molecular weight is 500 g/mol. The number of aromatic nitrogens is 1. The minimum Gasteiger partial charge on any atom is -0.486 e. The summed E-state index contributed by atoms with van der Waals surface area (Å²) in [6.07, 6.45) is 0.682. The van der Waals surface area contributed by atoms with Crippen molar-refractivity contribution in [1.29, 1.82) is 0 Å². The number of hydrogen-bond donors (Lipinski definition) is 0. The predicted octanol–water partition coefficient (Wildman–Crippen LogP) is 2.96. The van der Waals surface area contributed by atoms with Gasteiger partial charge in [-0.05, 0) is 24.6 Å². The van der Waals surface area contributed by atoms with Gasteiger partial charge in [-0.15, -0.1) is 11.3 Å². The summed E-state index contributed by atoms with van der Waals surface area (Å²) in [7, 11) is -3.70. The molecule has 0 saturated carbocycles. The fourth-order valence-electron chi connectivity index (χ4n) is 4.11. The Morgan fingerprint density at radius 3 is 2.44 bits per heavy atom. The molecule has 0 bridgehead atoms. The minimum absolute atomic E-state index is 0.0920. The Kier molecular flexibility index (Phi) is 6.28. The Bertz CT molecular complexity index is 1300. The number of thiazole rings is 1. The van der Waals surface area contributed by atoms with Gasteiger partial charge in [0.2, 0.25) is 10.0 Å². The van der Waals surface area contributed by atoms with Crippen LogP contribution >= 0.6 is 11.3 Å². The molecule has 8 nitrogen and oxygen atoms in total. The molecule has 5 rings (SSSR count). The molecular formula is C24H25N3O5S2. The van der Waals surface area contributed by atoms with E-state index in [-0.39, 0.29) is 23.9 Å². The van der Waals surface area contributed by atoms with E-state index in [4.69, 9.17) is 9.47 Å². The molecule has 0 aliphatic carbocycles. The highest BCUT2D eigenvalue weighted by Crippen LogP contribution is 2.33. The summed E-state index contributed by atoms with van der Waals surface area (Å²) >= 11 is 1.41. The summed E-state index contributed by atoms with van der Waals surface area (Å²) in [4.78, 5) is 20.3. The van der Waals surface area contributed by atoms with Crippen LogP contribution < -0.4 is 9.47 Å². The number of nitrogens with zero attached hydrogens (tertiary/aromatic N) is 3. The quantitative estimate of drug-likeness (QED) is 0.536. The second-order valence-corrected chi connectivity index (χ2v) is 11.2. The fourth-order valence-corrected chi connectivity index (χ4v) is 6.61. The van der Waals surface area contributed by atoms with Gasteiger partial charge in [0, 0.05) is 38.7 Å². The molecule has 1 fully saturated rings. The van der Waals surface area contributed by atoms with E-state index in [1.165, 1.54) is 27.8 Å². The van der Waals surface area contributed by atoms with Crippen LogP contribution in [-0.4, -0.2) is 67.9 Å². The Hall–Kier alpha value is -2.95. The van der Waals surface area contributed by atoms with Gasteiger partial charge in [-0.2, -0.15) is 4.31 Å². The molecule has 3 heterocycles. The third-order valence-electron chi connectivity index (χ3n) is 5.91. The van der Waals surface area contributed by atoms with Crippen LogP contribution in [0.5, 0.6) is 11.5 Å². The van der Waals surface area contributed by atoms with E-state index in [1.807, 2.05) is 37.3 Å². The van der Waals surface area contributed by atoms with E-state index in [9.17, 15) is 13.2 Å². The van der Waals surface area contributed by atoms with E-state index >= 15 is 0 Å². The van der Waals surface area contributed by atoms with Crippen molar-refractivity contribution < 1.29 is 22.7 Å². The van der Waals surface area contributed by atoms with Crippen LogP contribution in [0, 0.1) is 6.92 Å². The third-order valence-corrected chi connectivity index (χ3v) is 8.95. The van der Waals surface area contributed by atoms with Crippen LogP contribution in [0.3, 0.4) is 0 Å². The van der Waals surface area contributed by atoms with Crippen molar-refractivity contribution in [3.8, 4) is 11.5 Å². The zero-order chi connectivity index (χ0) is 23.7. The molecule has 0 spiro atoms. The van der Waals surface area contributed by atoms with E-state index in [1.54, 1.807) is 11.0 Å². The second kappa shape index (κ2) is 9.36. The van der Waals surface area contributed by atoms with Crippen molar-refractivity contribution in [3.05, 3.63) is 69.7 Å². The van der Waals surface area contributed by atoms with Crippen LogP contribution in [0.4, 0.5) is 0 Å². The van der Waals surface area contributed by atoms with Crippen LogP contribution in [0.15, 0.2) is 53.4 Å². The summed E-state index contributed by atoms with van der Waals surface area (Å²) in [6.45, 7) is 3.81. The topological polar surface area (TPSA) is 89.0 Å². The fraction of sp³-hybridized carbons (Fsp3) is 0.333. The predicted molar refractivity (Wildman–Crippen MR) is 128 cm³/mol. The molecular weight excluding hydrogens is 474 g/mol. The summed E-state index contributed by atoms with van der Waals surface area (Å²) in [5.41, 5.74) is 1.86. The number of piperazine rings is 1. The molecule has 34 heavy (non-hydrogen) atoms. The number of hydrogen-bond acceptors (Lipinski definition) is 7. The van der Waals surface area contributed by atoms with Gasteiger partial charge in [-0.1, -0.05) is 30.3 Å². The van der Waals surface area contributed by atoms with Crippen molar-refractivity contribution in [2.24, 2.45) is 0 Å². The first-order valence-corrected chi connectivity index (χ1v) is 13.4. The summed E-state index contributed by atoms with van der Waals surface area (Å²) in [5.74, 6) is 0.894. The Balaban J connectivity index is 1.25. The molecule has 1 aromatic heterocycles. The lowest BCUT2D eigenvalue weighted by Crippen LogP contribution is -2.50. The Labute approximate surface area is 202 Å². The molecule has 2 aliphatic rings. The van der Waals surface area contributed by atoms with Gasteiger partial charge in [0.15, 0.2) is 11.5 Å². The van der Waals surface area contributed by atoms with Crippen LogP contribution in [0.1, 0.15) is 25.9 Å². The SMILES string of the molecule is Cc1nc(Cc2ccccc2)sc1C(=O)N1CCN(S(=O)(=O)c2ccc3c(c2)OCCO3)CC1. The molecule has 0 radical (unpaired) electrons. The maximum atomic E-state index is 13.2. The molecule has 2 aromatic carbocycles. The van der Waals surface area contributed by atoms with Crippen LogP contribution in [0.25, 0.3) is 0 Å². The van der Waals surface area contributed by atoms with Gasteiger partial charge in [0.25, 0.3) is 5.91 Å². The summed E-state index contributed by atoms with van der Waals surface area (Å²) < 4.78 is 38.8. The van der Waals surface area contributed by atoms with Gasteiger partial charge in [0.1, 0.15) is 18.1 Å². The number of amides is 1. The van der Waals surface area contributed by atoms with Crippen LogP contribution in [0.2, 0.25) is 0 Å². The van der Waals surface area contributed by atoms with Gasteiger partial charge in [-0.3, -0.25) is 4.79 Å². The monoisotopic (exact) mass is 499 g/mol. The lowest BCUT2D eigenvalue weighted by Gasteiger charge is -2.34. The van der Waals surface area contributed by atoms with E-state index in [0.29, 0.717) is 54.8 Å². The molecule has 1 saturated heterocycles. The third kappa shape index (κ3) is 4.53. The summed E-state index contributed by atoms with van der Waals surface area (Å²) in [5, 5.41) is 0.895. The molecule has 3 aromatic rings. The normalized spacial score (nSPS) is 16.4. The molecule has 2 aliphatic heterocycles. The van der Waals surface area contributed by atoms with Crippen molar-refractivity contribution in [3.63, 3.8) is 0 Å². The highest BCUT2D eigenvalue weighted by molar-refractivity contribution is 7.89. The van der Waals surface area contributed by atoms with E-state index < -0.39 is 10.0 Å². The number of sulfonamides is 1. The number of carbonyl (C=O) groups is 1. The molecule has 1 amide bonds.